The average Bonchev–Trinajstić information content (AvgIpc) is 4.09. The molecule has 0 saturated heterocycles. The molecule has 0 radical (unpaired) electrons. The molecule has 0 bridgehead atoms. The number of urea groups is 2. The van der Waals surface area contributed by atoms with E-state index in [1.165, 1.54) is 35.0 Å². The molecule has 5 aromatic rings. The van der Waals surface area contributed by atoms with Gasteiger partial charge in [-0.1, -0.05) is 95.8 Å². The predicted octanol–water partition coefficient (Wildman–Crippen LogP) is 10.2. The summed E-state index contributed by atoms with van der Waals surface area (Å²) < 4.78 is 5.47. The smallest absolute Gasteiger partial charge is 0.407 e. The number of halogens is 1. The van der Waals surface area contributed by atoms with Crippen molar-refractivity contribution < 1.29 is 33.8 Å². The van der Waals surface area contributed by atoms with Crippen molar-refractivity contribution in [2.24, 2.45) is 0 Å². The molecule has 0 fully saturated rings. The minimum absolute atomic E-state index is 0. The lowest BCUT2D eigenvalue weighted by atomic mass is 9.95. The molecule has 0 spiro atoms. The van der Waals surface area contributed by atoms with E-state index in [4.69, 9.17) is 9.84 Å². The second-order valence-corrected chi connectivity index (χ2v) is 21.1. The standard InChI is InChI=1S/C36H46N6O4S2.C13H21N3O3S.CH4.HI/c1-25(2)32-38-30(23-47-32)21-42(5)34(44)41-36(3,4)33(43)39-28(18-26-12-8-6-9-13-26)16-17-29(19-27-14-10-7-11-15-27)40-35(45)46-22-31-20-37-24-48-31;1-8(2)10-14-9(7-20-10)6-16(5)12(19)15-13(3,4)11(17)18;;/h6-15,20,23-25,28-29H,16-19,21-22H2,1-5H3,(H,39,43)(H,40,45)(H,41,44);7-8H,6H2,1-5H3,(H,15,19)(H,17,18);1H4;1H/t28-,29-;;;/m1.../s1. The van der Waals surface area contributed by atoms with E-state index in [9.17, 15) is 24.0 Å². The third-order valence-corrected chi connectivity index (χ3v) is 13.7. The third-order valence-electron chi connectivity index (χ3n) is 10.6. The van der Waals surface area contributed by atoms with Crippen LogP contribution in [0.2, 0.25) is 0 Å². The van der Waals surface area contributed by atoms with Crippen LogP contribution in [0.4, 0.5) is 14.4 Å². The van der Waals surface area contributed by atoms with Crippen molar-refractivity contribution >= 4 is 88.0 Å². The van der Waals surface area contributed by atoms with E-state index in [0.717, 1.165) is 37.4 Å². The highest BCUT2D eigenvalue weighted by molar-refractivity contribution is 14.0. The van der Waals surface area contributed by atoms with Gasteiger partial charge in [0.2, 0.25) is 5.91 Å². The molecule has 384 valence electrons. The van der Waals surface area contributed by atoms with Crippen LogP contribution in [0.5, 0.6) is 0 Å². The highest BCUT2D eigenvalue weighted by atomic mass is 127. The van der Waals surface area contributed by atoms with Gasteiger partial charge in [-0.3, -0.25) is 9.78 Å². The van der Waals surface area contributed by atoms with E-state index in [1.807, 2.05) is 71.4 Å². The van der Waals surface area contributed by atoms with Gasteiger partial charge in [-0.05, 0) is 64.5 Å². The number of aromatic nitrogens is 3. The van der Waals surface area contributed by atoms with Gasteiger partial charge in [0.25, 0.3) is 0 Å². The van der Waals surface area contributed by atoms with Crippen LogP contribution in [0.15, 0.2) is 83.1 Å². The fourth-order valence-electron chi connectivity index (χ4n) is 6.46. The number of carbonyl (C=O) groups excluding carboxylic acids is 4. The molecule has 5 N–H and O–H groups in total. The lowest BCUT2D eigenvalue weighted by Crippen LogP contribution is -2.59. The maximum atomic E-state index is 13.7. The van der Waals surface area contributed by atoms with Crippen LogP contribution in [0, 0.1) is 0 Å². The average molecular weight is 1130 g/mol. The van der Waals surface area contributed by atoms with Crippen molar-refractivity contribution in [3.63, 3.8) is 0 Å². The van der Waals surface area contributed by atoms with Crippen LogP contribution in [-0.2, 0) is 46.9 Å². The second kappa shape index (κ2) is 29.2. The Kier molecular flexibility index (Phi) is 25.4. The van der Waals surface area contributed by atoms with Gasteiger partial charge < -0.3 is 40.9 Å². The first-order chi connectivity index (χ1) is 32.1. The number of carboxylic acid groups (broad SMARTS) is 1. The van der Waals surface area contributed by atoms with Crippen molar-refractivity contribution in [3.8, 4) is 0 Å². The number of nitrogens with zero attached hydrogens (tertiary/aromatic N) is 5. The largest absolute Gasteiger partial charge is 0.480 e. The van der Waals surface area contributed by atoms with Crippen molar-refractivity contribution in [3.05, 3.63) is 121 Å². The number of aliphatic carboxylic acids is 1. The maximum Gasteiger partial charge on any atom is 0.407 e. The fourth-order valence-corrected chi connectivity index (χ4v) is 8.62. The summed E-state index contributed by atoms with van der Waals surface area (Å²) in [6.07, 6.45) is 3.55. The number of ether oxygens (including phenoxy) is 1. The number of benzene rings is 2. The zero-order valence-corrected chi connectivity index (χ0v) is 45.9. The van der Waals surface area contributed by atoms with E-state index in [-0.39, 0.29) is 62.0 Å². The Morgan fingerprint density at radius 2 is 1.13 bits per heavy atom. The normalized spacial score (nSPS) is 11.9. The number of thiazole rings is 3. The number of carboxylic acids is 1. The highest BCUT2D eigenvalue weighted by Gasteiger charge is 2.33. The van der Waals surface area contributed by atoms with Crippen LogP contribution >= 0.6 is 58.0 Å². The van der Waals surface area contributed by atoms with Crippen molar-refractivity contribution in [1.29, 1.82) is 0 Å². The molecule has 6 amide bonds. The number of amides is 6. The molecule has 2 aromatic carbocycles. The van der Waals surface area contributed by atoms with Crippen molar-refractivity contribution in [2.45, 2.75) is 143 Å². The zero-order chi connectivity index (χ0) is 50.0. The SMILES string of the molecule is C.CC(C)c1nc(CN(C)C(=O)NC(C)(C)C(=O)N[C@H](CC[C@H](Cc2ccccc2)NC(=O)OCc2cncs2)Cc2ccccc2)cs1.CC(C)c1nc(CN(C)C(=O)NC(C)(C)C(=O)O)cs1.I. The molecule has 20 heteroatoms. The quantitative estimate of drug-likeness (QED) is 0.0439. The minimum Gasteiger partial charge on any atom is -0.480 e. The minimum atomic E-state index is -1.30. The van der Waals surface area contributed by atoms with Crippen LogP contribution in [0.3, 0.4) is 0 Å². The van der Waals surface area contributed by atoms with Crippen LogP contribution < -0.4 is 21.3 Å². The molecular formula is C50H72IN9O7S3. The van der Waals surface area contributed by atoms with Crippen LogP contribution in [0.1, 0.15) is 125 Å². The molecule has 0 aliphatic heterocycles. The molecule has 16 nitrogen and oxygen atoms in total. The first kappa shape index (κ1) is 60.9. The number of carbonyl (C=O) groups is 5. The first-order valence-corrected chi connectivity index (χ1v) is 25.1. The molecule has 2 atom stereocenters. The van der Waals surface area contributed by atoms with Gasteiger partial charge in [0.05, 0.1) is 44.9 Å². The molecule has 0 aliphatic carbocycles. The lowest BCUT2D eigenvalue weighted by Gasteiger charge is -2.31. The topological polar surface area (TPSA) is 208 Å². The Balaban J connectivity index is 0.000000643. The van der Waals surface area contributed by atoms with Crippen LogP contribution in [-0.4, -0.2) is 97.1 Å². The maximum absolute atomic E-state index is 13.7. The molecular weight excluding hydrogens is 1060 g/mol. The Morgan fingerprint density at radius 1 is 0.686 bits per heavy atom. The Bertz CT molecular complexity index is 2360. The number of nitrogens with one attached hydrogen (secondary N) is 4. The molecule has 0 unspecified atom stereocenters. The van der Waals surface area contributed by atoms with E-state index in [2.05, 4.69) is 63.9 Å². The van der Waals surface area contributed by atoms with E-state index in [1.54, 1.807) is 62.3 Å². The van der Waals surface area contributed by atoms with Gasteiger partial charge in [-0.15, -0.1) is 58.0 Å². The van der Waals surface area contributed by atoms with Crippen molar-refractivity contribution in [2.75, 3.05) is 14.1 Å². The number of hydrogen-bond acceptors (Lipinski definition) is 12. The summed E-state index contributed by atoms with van der Waals surface area (Å²) in [7, 11) is 3.31. The Hall–Kier alpha value is -5.19. The second-order valence-electron chi connectivity index (χ2n) is 18.3. The van der Waals surface area contributed by atoms with Crippen LogP contribution in [0.25, 0.3) is 0 Å². The zero-order valence-electron chi connectivity index (χ0n) is 41.1. The molecule has 5 rings (SSSR count). The summed E-state index contributed by atoms with van der Waals surface area (Å²) in [5.41, 5.74) is 3.00. The Labute approximate surface area is 442 Å². The van der Waals surface area contributed by atoms with E-state index in [0.29, 0.717) is 50.6 Å². The first-order valence-electron chi connectivity index (χ1n) is 22.5. The molecule has 0 saturated carbocycles. The monoisotopic (exact) mass is 1130 g/mol. The summed E-state index contributed by atoms with van der Waals surface area (Å²) in [6, 6.07) is 18.6. The highest BCUT2D eigenvalue weighted by Crippen LogP contribution is 2.22. The van der Waals surface area contributed by atoms with Gasteiger partial charge in [-0.2, -0.15) is 0 Å². The molecule has 3 heterocycles. The van der Waals surface area contributed by atoms with E-state index >= 15 is 0 Å². The summed E-state index contributed by atoms with van der Waals surface area (Å²) >= 11 is 4.58. The van der Waals surface area contributed by atoms with Gasteiger partial charge in [0, 0.05) is 55.0 Å². The van der Waals surface area contributed by atoms with E-state index < -0.39 is 29.2 Å². The van der Waals surface area contributed by atoms with Crippen molar-refractivity contribution in [1.82, 2.24) is 46.0 Å². The fraction of sp³-hybridized carbons (Fsp3) is 0.480. The van der Waals surface area contributed by atoms with Gasteiger partial charge in [-0.25, -0.2) is 29.1 Å². The Morgan fingerprint density at radius 3 is 1.53 bits per heavy atom. The summed E-state index contributed by atoms with van der Waals surface area (Å²) in [6.45, 7) is 15.4. The summed E-state index contributed by atoms with van der Waals surface area (Å²) in [5, 5.41) is 26.5. The number of alkyl carbamates (subject to hydrolysis) is 1. The van der Waals surface area contributed by atoms with Gasteiger partial charge in [0.1, 0.15) is 17.7 Å². The third kappa shape index (κ3) is 20.6. The lowest BCUT2D eigenvalue weighted by molar-refractivity contribution is -0.143. The molecule has 70 heavy (non-hydrogen) atoms. The van der Waals surface area contributed by atoms with Gasteiger partial charge >= 0.3 is 24.1 Å². The molecule has 3 aromatic heterocycles. The summed E-state index contributed by atoms with van der Waals surface area (Å²) in [4.78, 5) is 79.5. The predicted molar refractivity (Wildman–Crippen MR) is 291 cm³/mol. The van der Waals surface area contributed by atoms with Gasteiger partial charge in [0.15, 0.2) is 0 Å². The number of rotatable bonds is 21. The number of hydrogen-bond donors (Lipinski definition) is 5. The molecule has 0 aliphatic rings. The summed E-state index contributed by atoms with van der Waals surface area (Å²) in [5.74, 6) is -0.687.